The summed E-state index contributed by atoms with van der Waals surface area (Å²) in [5.41, 5.74) is 0.392. The zero-order valence-corrected chi connectivity index (χ0v) is 19.5. The van der Waals surface area contributed by atoms with Crippen molar-refractivity contribution in [3.05, 3.63) is 11.6 Å². The minimum atomic E-state index is -0.924. The second-order valence-electron chi connectivity index (χ2n) is 10.2. The summed E-state index contributed by atoms with van der Waals surface area (Å²) < 4.78 is 13.6. The van der Waals surface area contributed by atoms with Crippen molar-refractivity contribution in [2.45, 2.75) is 94.2 Å². The Morgan fingerprint density at radius 2 is 2.00 bits per heavy atom. The van der Waals surface area contributed by atoms with E-state index in [9.17, 15) is 14.6 Å². The molecule has 7 N–H and O–H groups in total. The molecule has 9 heteroatoms. The predicted octanol–water partition coefficient (Wildman–Crippen LogP) is -0.255. The van der Waals surface area contributed by atoms with E-state index in [2.05, 4.69) is 44.5 Å². The first-order valence-corrected chi connectivity index (χ1v) is 12.6. The Hall–Kier alpha value is -0.650. The molecule has 0 amide bonds. The molecule has 184 valence electrons. The molecule has 0 aromatic carbocycles. The van der Waals surface area contributed by atoms with Gasteiger partial charge in [-0.3, -0.25) is 26.2 Å². The summed E-state index contributed by atoms with van der Waals surface area (Å²) in [5.74, 6) is 0. The Morgan fingerprint density at radius 1 is 1.22 bits per heavy atom. The van der Waals surface area contributed by atoms with E-state index in [1.54, 1.807) is 0 Å². The maximum absolute atomic E-state index is 13.6. The minimum absolute atomic E-state index is 0.153. The highest BCUT2D eigenvalue weighted by atomic mass is 19.1. The third-order valence-corrected chi connectivity index (χ3v) is 7.79. The quantitative estimate of drug-likeness (QED) is 0.264. The van der Waals surface area contributed by atoms with Crippen LogP contribution in [0.25, 0.3) is 0 Å². The number of nitrogens with zero attached hydrogens (tertiary/aromatic N) is 1. The normalized spacial score (nSPS) is 37.6. The van der Waals surface area contributed by atoms with Crippen LogP contribution in [0.5, 0.6) is 0 Å². The number of allylic oxidation sites excluding steroid dienone is 1. The summed E-state index contributed by atoms with van der Waals surface area (Å²) in [4.78, 5) is 2.49. The Morgan fingerprint density at radius 3 is 2.66 bits per heavy atom. The number of rotatable bonds is 7. The van der Waals surface area contributed by atoms with E-state index < -0.39 is 11.8 Å². The van der Waals surface area contributed by atoms with Crippen molar-refractivity contribution >= 4 is 0 Å². The molecule has 32 heavy (non-hydrogen) atoms. The van der Waals surface area contributed by atoms with Gasteiger partial charge in [-0.1, -0.05) is 11.6 Å². The number of hydrogen-bond donors (Lipinski definition) is 7. The lowest BCUT2D eigenvalue weighted by Gasteiger charge is -2.47. The molecule has 3 saturated heterocycles. The number of likely N-dealkylation sites (tertiary alicyclic amines) is 1. The molecule has 0 aromatic rings. The first-order chi connectivity index (χ1) is 15.4. The molecule has 3 heterocycles. The molecule has 8 nitrogen and oxygen atoms in total. The van der Waals surface area contributed by atoms with Gasteiger partial charge in [0.05, 0.1) is 30.7 Å². The highest BCUT2D eigenvalue weighted by Crippen LogP contribution is 2.28. The Bertz CT molecular complexity index is 624. The number of hydrogen-bond acceptors (Lipinski definition) is 8. The molecule has 0 aromatic heterocycles. The standard InChI is InChI=1S/C23H43FN6O2/c1-16(17-2-4-18(24)5-3-17)27-20-12-19(30-10-6-23(32,15-31)7-11-30)13-21(28-20)29-22-14-25-8-9-26-22/h2,16,18-22,25-29,31-32H,3-15H2,1H3/t16-,18+,19?,20?,21?,22-/m0/s1. The van der Waals surface area contributed by atoms with Gasteiger partial charge in [-0.2, -0.15) is 0 Å². The molecule has 3 aliphatic heterocycles. The molecule has 6 atom stereocenters. The summed E-state index contributed by atoms with van der Waals surface area (Å²) in [5, 5.41) is 38.2. The van der Waals surface area contributed by atoms with E-state index in [1.165, 1.54) is 5.57 Å². The summed E-state index contributed by atoms with van der Waals surface area (Å²) in [7, 11) is 0. The second kappa shape index (κ2) is 11.2. The van der Waals surface area contributed by atoms with Crippen LogP contribution in [0, 0.1) is 0 Å². The topological polar surface area (TPSA) is 104 Å². The van der Waals surface area contributed by atoms with Gasteiger partial charge in [0.25, 0.3) is 0 Å². The zero-order valence-electron chi connectivity index (χ0n) is 19.5. The Labute approximate surface area is 191 Å². The van der Waals surface area contributed by atoms with Crippen LogP contribution in [0.3, 0.4) is 0 Å². The number of alkyl halides is 1. The lowest BCUT2D eigenvalue weighted by atomic mass is 9.89. The van der Waals surface area contributed by atoms with E-state index in [-0.39, 0.29) is 31.1 Å². The molecule has 0 bridgehead atoms. The molecule has 0 saturated carbocycles. The van der Waals surface area contributed by atoms with E-state index in [0.29, 0.717) is 31.7 Å². The molecular formula is C23H43FN6O2. The summed E-state index contributed by atoms with van der Waals surface area (Å²) in [6.45, 7) is 6.51. The lowest BCUT2D eigenvalue weighted by molar-refractivity contribution is -0.0709. The van der Waals surface area contributed by atoms with Crippen LogP contribution < -0.4 is 26.6 Å². The Balaban J connectivity index is 1.38. The Kier molecular flexibility index (Phi) is 8.55. The summed E-state index contributed by atoms with van der Waals surface area (Å²) in [6.07, 6.45) is 7.16. The second-order valence-corrected chi connectivity index (χ2v) is 10.2. The fourth-order valence-electron chi connectivity index (χ4n) is 5.65. The van der Waals surface area contributed by atoms with Crippen molar-refractivity contribution < 1.29 is 14.6 Å². The maximum Gasteiger partial charge on any atom is 0.104 e. The van der Waals surface area contributed by atoms with Gasteiger partial charge in [0.1, 0.15) is 6.17 Å². The zero-order chi connectivity index (χ0) is 22.6. The molecule has 0 spiro atoms. The van der Waals surface area contributed by atoms with Crippen LogP contribution in [-0.2, 0) is 0 Å². The average Bonchev–Trinajstić information content (AvgIpc) is 2.80. The summed E-state index contributed by atoms with van der Waals surface area (Å²) in [6, 6.07) is 0.614. The van der Waals surface area contributed by atoms with E-state index in [4.69, 9.17) is 0 Å². The van der Waals surface area contributed by atoms with Gasteiger partial charge in [0, 0.05) is 44.8 Å². The number of nitrogens with one attached hydrogen (secondary N) is 5. The van der Waals surface area contributed by atoms with Gasteiger partial charge in [0.15, 0.2) is 0 Å². The molecular weight excluding hydrogens is 411 g/mol. The molecule has 3 fully saturated rings. The number of piperidine rings is 2. The third-order valence-electron chi connectivity index (χ3n) is 7.79. The molecule has 4 rings (SSSR count). The fraction of sp³-hybridized carbons (Fsp3) is 0.913. The molecule has 0 radical (unpaired) electrons. The van der Waals surface area contributed by atoms with Crippen LogP contribution in [0.2, 0.25) is 0 Å². The van der Waals surface area contributed by atoms with Gasteiger partial charge in [0.2, 0.25) is 0 Å². The number of halogens is 1. The van der Waals surface area contributed by atoms with Crippen LogP contribution in [0.4, 0.5) is 4.39 Å². The van der Waals surface area contributed by atoms with Crippen LogP contribution in [-0.4, -0.2) is 96.8 Å². The average molecular weight is 455 g/mol. The van der Waals surface area contributed by atoms with Crippen molar-refractivity contribution in [1.82, 2.24) is 31.5 Å². The van der Waals surface area contributed by atoms with Crippen LogP contribution >= 0.6 is 0 Å². The van der Waals surface area contributed by atoms with Crippen LogP contribution in [0.15, 0.2) is 11.6 Å². The maximum atomic E-state index is 13.6. The summed E-state index contributed by atoms with van der Waals surface area (Å²) >= 11 is 0. The van der Waals surface area contributed by atoms with Crippen molar-refractivity contribution in [1.29, 1.82) is 0 Å². The smallest absolute Gasteiger partial charge is 0.104 e. The van der Waals surface area contributed by atoms with Gasteiger partial charge in [-0.15, -0.1) is 0 Å². The monoisotopic (exact) mass is 454 g/mol. The molecule has 4 aliphatic rings. The first-order valence-electron chi connectivity index (χ1n) is 12.6. The fourth-order valence-corrected chi connectivity index (χ4v) is 5.65. The van der Waals surface area contributed by atoms with Gasteiger partial charge in [-0.05, 0) is 51.9 Å². The van der Waals surface area contributed by atoms with Crippen molar-refractivity contribution in [3.8, 4) is 0 Å². The highest BCUT2D eigenvalue weighted by Gasteiger charge is 2.38. The highest BCUT2D eigenvalue weighted by molar-refractivity contribution is 5.14. The van der Waals surface area contributed by atoms with Gasteiger partial charge >= 0.3 is 0 Å². The largest absolute Gasteiger partial charge is 0.393 e. The van der Waals surface area contributed by atoms with Gasteiger partial charge < -0.3 is 15.5 Å². The van der Waals surface area contributed by atoms with E-state index in [1.807, 2.05) is 0 Å². The van der Waals surface area contributed by atoms with Crippen LogP contribution in [0.1, 0.15) is 51.9 Å². The number of aliphatic hydroxyl groups is 2. The van der Waals surface area contributed by atoms with Gasteiger partial charge in [-0.25, -0.2) is 4.39 Å². The number of aliphatic hydroxyl groups excluding tert-OH is 1. The number of piperazine rings is 1. The first kappa shape index (κ1) is 24.5. The molecule has 3 unspecified atom stereocenters. The minimum Gasteiger partial charge on any atom is -0.393 e. The third kappa shape index (κ3) is 6.48. The molecule has 1 aliphatic carbocycles. The van der Waals surface area contributed by atoms with Crippen molar-refractivity contribution in [3.63, 3.8) is 0 Å². The van der Waals surface area contributed by atoms with E-state index >= 15 is 0 Å². The SMILES string of the molecule is C[C@H](NC1CC(N2CCC(O)(CO)CC2)CC(N[C@H]2CNCCN2)N1)C1=CC[C@@H](F)CC1. The van der Waals surface area contributed by atoms with Crippen molar-refractivity contribution in [2.24, 2.45) is 0 Å². The lowest BCUT2D eigenvalue weighted by Crippen LogP contribution is -2.67. The van der Waals surface area contributed by atoms with Crippen molar-refractivity contribution in [2.75, 3.05) is 39.3 Å². The predicted molar refractivity (Wildman–Crippen MR) is 124 cm³/mol. The van der Waals surface area contributed by atoms with E-state index in [0.717, 1.165) is 52.0 Å².